The molecule has 0 unspecified atom stereocenters. The van der Waals surface area contributed by atoms with Crippen LogP contribution in [-0.2, 0) is 15.4 Å². The van der Waals surface area contributed by atoms with E-state index in [2.05, 4.69) is 41.4 Å². The molecule has 3 nitrogen and oxygen atoms in total. The van der Waals surface area contributed by atoms with Crippen molar-refractivity contribution < 1.29 is 8.42 Å². The smallest absolute Gasteiger partial charge is 0.261 e. The maximum atomic E-state index is 12.5. The topological polar surface area (TPSA) is 46.2 Å². The Morgan fingerprint density at radius 3 is 2.29 bits per heavy atom. The van der Waals surface area contributed by atoms with Gasteiger partial charge in [0.1, 0.15) is 0 Å². The zero-order valence-electron chi connectivity index (χ0n) is 12.2. The summed E-state index contributed by atoms with van der Waals surface area (Å²) in [6, 6.07) is 14.1. The summed E-state index contributed by atoms with van der Waals surface area (Å²) in [6.07, 6.45) is 0. The van der Waals surface area contributed by atoms with Crippen LogP contribution in [0.5, 0.6) is 0 Å². The molecule has 0 spiro atoms. The van der Waals surface area contributed by atoms with Crippen molar-refractivity contribution in [2.24, 2.45) is 0 Å². The average Bonchev–Trinajstić information content (AvgIpc) is 2.37. The normalized spacial score (nSPS) is 12.2. The predicted molar refractivity (Wildman–Crippen MR) is 90.1 cm³/mol. The third-order valence-electron chi connectivity index (χ3n) is 3.09. The highest BCUT2D eigenvalue weighted by atomic mass is 79.9. The van der Waals surface area contributed by atoms with Crippen molar-refractivity contribution >= 4 is 31.6 Å². The maximum absolute atomic E-state index is 12.5. The molecule has 2 aromatic rings. The lowest BCUT2D eigenvalue weighted by Crippen LogP contribution is -2.19. The van der Waals surface area contributed by atoms with Gasteiger partial charge in [-0.05, 0) is 35.2 Å². The highest BCUT2D eigenvalue weighted by Gasteiger charge is 2.21. The zero-order valence-corrected chi connectivity index (χ0v) is 14.6. The molecule has 0 amide bonds. The Balaban J connectivity index is 2.43. The monoisotopic (exact) mass is 367 g/mol. The number of sulfonamides is 1. The summed E-state index contributed by atoms with van der Waals surface area (Å²) in [5, 5.41) is 0. The van der Waals surface area contributed by atoms with E-state index < -0.39 is 10.0 Å². The lowest BCUT2D eigenvalue weighted by molar-refractivity contribution is 0.590. The number of hydrogen-bond acceptors (Lipinski definition) is 2. The van der Waals surface area contributed by atoms with Gasteiger partial charge in [-0.1, -0.05) is 61.0 Å². The molecule has 1 N–H and O–H groups in total. The number of nitrogens with one attached hydrogen (secondary N) is 1. The van der Waals surface area contributed by atoms with Crippen molar-refractivity contribution in [1.82, 2.24) is 0 Å². The molecule has 0 fully saturated rings. The van der Waals surface area contributed by atoms with Crippen LogP contribution in [0.4, 0.5) is 5.69 Å². The molecule has 0 radical (unpaired) electrons. The summed E-state index contributed by atoms with van der Waals surface area (Å²) in [7, 11) is -3.60. The van der Waals surface area contributed by atoms with E-state index in [0.717, 1.165) is 10.0 Å². The summed E-state index contributed by atoms with van der Waals surface area (Å²) in [5.41, 5.74) is 1.43. The summed E-state index contributed by atoms with van der Waals surface area (Å²) in [4.78, 5) is 0.237. The molecular formula is C16H18BrNO2S. The third-order valence-corrected chi connectivity index (χ3v) is 4.94. The number of para-hydroxylation sites is 1. The lowest BCUT2D eigenvalue weighted by atomic mass is 9.86. The molecule has 0 heterocycles. The molecule has 2 aromatic carbocycles. The Hall–Kier alpha value is -1.33. The van der Waals surface area contributed by atoms with E-state index in [0.29, 0.717) is 5.69 Å². The van der Waals surface area contributed by atoms with Crippen LogP contribution in [0.1, 0.15) is 26.3 Å². The minimum Gasteiger partial charge on any atom is -0.279 e. The minimum atomic E-state index is -3.60. The van der Waals surface area contributed by atoms with Gasteiger partial charge in [-0.15, -0.1) is 0 Å². The van der Waals surface area contributed by atoms with Gasteiger partial charge < -0.3 is 0 Å². The first kappa shape index (κ1) is 16.0. The highest BCUT2D eigenvalue weighted by molar-refractivity contribution is 9.10. The summed E-state index contributed by atoms with van der Waals surface area (Å²) >= 11 is 3.29. The number of hydrogen-bond donors (Lipinski definition) is 1. The molecule has 0 saturated carbocycles. The molecule has 21 heavy (non-hydrogen) atoms. The van der Waals surface area contributed by atoms with Gasteiger partial charge in [0.25, 0.3) is 10.0 Å². The van der Waals surface area contributed by atoms with E-state index in [1.807, 2.05) is 18.2 Å². The fourth-order valence-electron chi connectivity index (χ4n) is 2.06. The fourth-order valence-corrected chi connectivity index (χ4v) is 3.74. The highest BCUT2D eigenvalue weighted by Crippen LogP contribution is 2.30. The number of rotatable bonds is 3. The summed E-state index contributed by atoms with van der Waals surface area (Å²) in [6.45, 7) is 6.16. The fraction of sp³-hybridized carbons (Fsp3) is 0.250. The van der Waals surface area contributed by atoms with Crippen molar-refractivity contribution in [3.05, 3.63) is 58.6 Å². The SMILES string of the molecule is CC(C)(C)c1ccccc1NS(=O)(=O)c1cccc(Br)c1. The molecule has 2 rings (SSSR count). The number of halogens is 1. The Morgan fingerprint density at radius 2 is 1.67 bits per heavy atom. The van der Waals surface area contributed by atoms with Crippen LogP contribution in [0, 0.1) is 0 Å². The maximum Gasteiger partial charge on any atom is 0.261 e. The summed E-state index contributed by atoms with van der Waals surface area (Å²) < 4.78 is 28.4. The minimum absolute atomic E-state index is 0.142. The molecular weight excluding hydrogens is 350 g/mol. The summed E-state index contributed by atoms with van der Waals surface area (Å²) in [5.74, 6) is 0. The van der Waals surface area contributed by atoms with Crippen LogP contribution >= 0.6 is 15.9 Å². The Morgan fingerprint density at radius 1 is 1.00 bits per heavy atom. The van der Waals surface area contributed by atoms with Crippen LogP contribution in [0.2, 0.25) is 0 Å². The van der Waals surface area contributed by atoms with Crippen LogP contribution in [0.25, 0.3) is 0 Å². The van der Waals surface area contributed by atoms with Gasteiger partial charge in [0.15, 0.2) is 0 Å². The van der Waals surface area contributed by atoms with Crippen molar-refractivity contribution in [2.45, 2.75) is 31.1 Å². The molecule has 0 aliphatic rings. The third kappa shape index (κ3) is 3.86. The van der Waals surface area contributed by atoms with Gasteiger partial charge in [-0.25, -0.2) is 8.42 Å². The first-order valence-corrected chi connectivity index (χ1v) is 8.86. The van der Waals surface area contributed by atoms with Gasteiger partial charge >= 0.3 is 0 Å². The molecule has 5 heteroatoms. The van der Waals surface area contributed by atoms with E-state index in [-0.39, 0.29) is 10.3 Å². The van der Waals surface area contributed by atoms with Crippen molar-refractivity contribution in [3.63, 3.8) is 0 Å². The van der Waals surface area contributed by atoms with Gasteiger partial charge in [-0.3, -0.25) is 4.72 Å². The van der Waals surface area contributed by atoms with Gasteiger partial charge in [-0.2, -0.15) is 0 Å². The van der Waals surface area contributed by atoms with Crippen LogP contribution in [0.15, 0.2) is 57.9 Å². The van der Waals surface area contributed by atoms with Crippen molar-refractivity contribution in [2.75, 3.05) is 4.72 Å². The van der Waals surface area contributed by atoms with E-state index in [9.17, 15) is 8.42 Å². The van der Waals surface area contributed by atoms with Crippen LogP contribution < -0.4 is 4.72 Å². The molecule has 112 valence electrons. The Kier molecular flexibility index (Phi) is 4.44. The molecule has 0 saturated heterocycles. The lowest BCUT2D eigenvalue weighted by Gasteiger charge is -2.23. The van der Waals surface area contributed by atoms with Crippen molar-refractivity contribution in [1.29, 1.82) is 0 Å². The molecule has 0 aromatic heterocycles. The van der Waals surface area contributed by atoms with Crippen molar-refractivity contribution in [3.8, 4) is 0 Å². The molecule has 0 aliphatic carbocycles. The average molecular weight is 368 g/mol. The van der Waals surface area contributed by atoms with E-state index in [1.54, 1.807) is 30.3 Å². The standard InChI is InChI=1S/C16H18BrNO2S/c1-16(2,3)14-9-4-5-10-15(14)18-21(19,20)13-8-6-7-12(17)11-13/h4-11,18H,1-3H3. The first-order valence-electron chi connectivity index (χ1n) is 6.58. The predicted octanol–water partition coefficient (Wildman–Crippen LogP) is 4.55. The van der Waals surface area contributed by atoms with E-state index in [1.165, 1.54) is 0 Å². The Bertz CT molecular complexity index is 749. The second kappa shape index (κ2) is 5.81. The Labute approximate surface area is 134 Å². The molecule has 0 aliphatic heterocycles. The number of anilines is 1. The van der Waals surface area contributed by atoms with Gasteiger partial charge in [0.05, 0.1) is 10.6 Å². The largest absolute Gasteiger partial charge is 0.279 e. The number of benzene rings is 2. The quantitative estimate of drug-likeness (QED) is 0.864. The zero-order chi connectivity index (χ0) is 15.7. The van der Waals surface area contributed by atoms with E-state index >= 15 is 0 Å². The van der Waals surface area contributed by atoms with Crippen LogP contribution in [-0.4, -0.2) is 8.42 Å². The molecule has 0 bridgehead atoms. The molecule has 0 atom stereocenters. The van der Waals surface area contributed by atoms with Gasteiger partial charge in [0.2, 0.25) is 0 Å². The second-order valence-electron chi connectivity index (χ2n) is 5.86. The van der Waals surface area contributed by atoms with Gasteiger partial charge in [0, 0.05) is 4.47 Å². The van der Waals surface area contributed by atoms with Crippen LogP contribution in [0.3, 0.4) is 0 Å². The van der Waals surface area contributed by atoms with E-state index in [4.69, 9.17) is 0 Å². The first-order chi connectivity index (χ1) is 9.70. The second-order valence-corrected chi connectivity index (χ2v) is 8.46.